The van der Waals surface area contributed by atoms with E-state index in [1.807, 2.05) is 11.7 Å². The number of nitrogens with one attached hydrogen (secondary N) is 2. The van der Waals surface area contributed by atoms with Crippen molar-refractivity contribution in [2.45, 2.75) is 25.9 Å². The molecule has 1 saturated carbocycles. The van der Waals surface area contributed by atoms with E-state index in [2.05, 4.69) is 31.2 Å². The predicted octanol–water partition coefficient (Wildman–Crippen LogP) is -0.622. The first-order valence-electron chi connectivity index (χ1n) is 5.47. The lowest BCUT2D eigenvalue weighted by molar-refractivity contribution is 0.519. The lowest BCUT2D eigenvalue weighted by Gasteiger charge is -2.08. The van der Waals surface area contributed by atoms with Crippen molar-refractivity contribution in [3.8, 4) is 0 Å². The van der Waals surface area contributed by atoms with Gasteiger partial charge in [0.15, 0.2) is 11.8 Å². The van der Waals surface area contributed by atoms with Crippen molar-refractivity contribution in [1.29, 1.82) is 0 Å². The van der Waals surface area contributed by atoms with Gasteiger partial charge in [0.25, 0.3) is 0 Å². The van der Waals surface area contributed by atoms with E-state index in [9.17, 15) is 0 Å². The predicted molar refractivity (Wildman–Crippen MR) is 59.8 cm³/mol. The van der Waals surface area contributed by atoms with Crippen molar-refractivity contribution in [3.05, 3.63) is 5.82 Å². The third-order valence-corrected chi connectivity index (χ3v) is 2.61. The van der Waals surface area contributed by atoms with Crippen molar-refractivity contribution in [2.24, 2.45) is 10.9 Å². The summed E-state index contributed by atoms with van der Waals surface area (Å²) in [6.07, 6.45) is 2.59. The van der Waals surface area contributed by atoms with E-state index in [0.717, 1.165) is 24.2 Å². The molecule has 0 unspecified atom stereocenters. The van der Waals surface area contributed by atoms with Crippen LogP contribution in [-0.2, 0) is 13.1 Å². The fourth-order valence-corrected chi connectivity index (χ4v) is 1.48. The number of nitrogens with zero attached hydrogens (tertiary/aromatic N) is 5. The van der Waals surface area contributed by atoms with Crippen molar-refractivity contribution >= 4 is 5.96 Å². The molecule has 2 rings (SSSR count). The maximum absolute atomic E-state index is 4.03. The lowest BCUT2D eigenvalue weighted by atomic mass is 10.4. The minimum absolute atomic E-state index is 0.591. The summed E-state index contributed by atoms with van der Waals surface area (Å²) >= 11 is 0. The maximum atomic E-state index is 4.03. The van der Waals surface area contributed by atoms with Crippen LogP contribution in [0, 0.1) is 5.92 Å². The van der Waals surface area contributed by atoms with Gasteiger partial charge in [-0.05, 0) is 29.2 Å². The number of hydrogen-bond donors (Lipinski definition) is 2. The molecule has 1 aliphatic carbocycles. The SMILES string of the molecule is CN=C(NC)NCc1nnnn1CC1CC1. The largest absolute Gasteiger partial charge is 0.359 e. The highest BCUT2D eigenvalue weighted by molar-refractivity contribution is 5.79. The lowest BCUT2D eigenvalue weighted by Crippen LogP contribution is -2.35. The summed E-state index contributed by atoms with van der Waals surface area (Å²) in [5.41, 5.74) is 0. The monoisotopic (exact) mass is 223 g/mol. The molecular weight excluding hydrogens is 206 g/mol. The summed E-state index contributed by atoms with van der Waals surface area (Å²) in [7, 11) is 3.55. The zero-order valence-electron chi connectivity index (χ0n) is 9.64. The van der Waals surface area contributed by atoms with Crippen LogP contribution in [0.15, 0.2) is 4.99 Å². The second kappa shape index (κ2) is 4.91. The molecule has 1 fully saturated rings. The maximum Gasteiger partial charge on any atom is 0.191 e. The second-order valence-electron chi connectivity index (χ2n) is 3.90. The molecular formula is C9H17N7. The molecule has 0 aliphatic heterocycles. The topological polar surface area (TPSA) is 80.0 Å². The number of hydrogen-bond acceptors (Lipinski definition) is 4. The molecule has 0 aromatic carbocycles. The van der Waals surface area contributed by atoms with Gasteiger partial charge in [0.2, 0.25) is 0 Å². The molecule has 1 aliphatic rings. The van der Waals surface area contributed by atoms with Crippen LogP contribution in [0.3, 0.4) is 0 Å². The van der Waals surface area contributed by atoms with Gasteiger partial charge in [-0.3, -0.25) is 4.99 Å². The average molecular weight is 223 g/mol. The van der Waals surface area contributed by atoms with E-state index in [1.54, 1.807) is 7.05 Å². The molecule has 0 atom stereocenters. The molecule has 2 N–H and O–H groups in total. The van der Waals surface area contributed by atoms with E-state index < -0.39 is 0 Å². The molecule has 0 bridgehead atoms. The number of aromatic nitrogens is 4. The number of aliphatic imine (C=N–C) groups is 1. The first kappa shape index (κ1) is 10.8. The summed E-state index contributed by atoms with van der Waals surface area (Å²) in [6, 6.07) is 0. The van der Waals surface area contributed by atoms with Gasteiger partial charge < -0.3 is 10.6 Å². The minimum Gasteiger partial charge on any atom is -0.359 e. The van der Waals surface area contributed by atoms with E-state index in [4.69, 9.17) is 0 Å². The number of guanidine groups is 1. The Morgan fingerprint density at radius 2 is 2.38 bits per heavy atom. The van der Waals surface area contributed by atoms with Crippen LogP contribution < -0.4 is 10.6 Å². The van der Waals surface area contributed by atoms with Crippen molar-refractivity contribution in [1.82, 2.24) is 30.8 Å². The molecule has 1 aromatic heterocycles. The summed E-state index contributed by atoms with van der Waals surface area (Å²) in [6.45, 7) is 1.52. The molecule has 88 valence electrons. The Labute approximate surface area is 94.3 Å². The molecule has 1 heterocycles. The van der Waals surface area contributed by atoms with E-state index in [1.165, 1.54) is 12.8 Å². The highest BCUT2D eigenvalue weighted by Crippen LogP contribution is 2.30. The highest BCUT2D eigenvalue weighted by Gasteiger charge is 2.23. The van der Waals surface area contributed by atoms with Gasteiger partial charge in [-0.1, -0.05) is 0 Å². The van der Waals surface area contributed by atoms with Crippen molar-refractivity contribution in [2.75, 3.05) is 14.1 Å². The van der Waals surface area contributed by atoms with Crippen LogP contribution >= 0.6 is 0 Å². The Hall–Kier alpha value is -1.66. The molecule has 7 heteroatoms. The van der Waals surface area contributed by atoms with Gasteiger partial charge in [-0.15, -0.1) is 5.10 Å². The summed E-state index contributed by atoms with van der Waals surface area (Å²) in [5, 5.41) is 17.7. The quantitative estimate of drug-likeness (QED) is 0.525. The zero-order valence-corrected chi connectivity index (χ0v) is 9.64. The van der Waals surface area contributed by atoms with Gasteiger partial charge in [0, 0.05) is 20.6 Å². The third kappa shape index (κ3) is 2.68. The van der Waals surface area contributed by atoms with Crippen LogP contribution in [0.4, 0.5) is 0 Å². The zero-order chi connectivity index (χ0) is 11.4. The first-order valence-corrected chi connectivity index (χ1v) is 5.47. The smallest absolute Gasteiger partial charge is 0.191 e. The van der Waals surface area contributed by atoms with Gasteiger partial charge in [-0.25, -0.2) is 4.68 Å². The fraction of sp³-hybridized carbons (Fsp3) is 0.778. The molecule has 7 nitrogen and oxygen atoms in total. The van der Waals surface area contributed by atoms with E-state index in [0.29, 0.717) is 6.54 Å². The van der Waals surface area contributed by atoms with Gasteiger partial charge in [-0.2, -0.15) is 0 Å². The Morgan fingerprint density at radius 1 is 1.56 bits per heavy atom. The van der Waals surface area contributed by atoms with Crippen molar-refractivity contribution in [3.63, 3.8) is 0 Å². The average Bonchev–Trinajstić information content (AvgIpc) is 3.00. The molecule has 1 aromatic rings. The molecule has 0 radical (unpaired) electrons. The second-order valence-corrected chi connectivity index (χ2v) is 3.90. The standard InChI is InChI=1S/C9H17N7/c1-10-9(11-2)12-5-8-13-14-15-16(8)6-7-3-4-7/h7H,3-6H2,1-2H3,(H2,10,11,12). The van der Waals surface area contributed by atoms with E-state index >= 15 is 0 Å². The summed E-state index contributed by atoms with van der Waals surface area (Å²) in [5.74, 6) is 2.36. The Kier molecular flexibility index (Phi) is 3.33. The van der Waals surface area contributed by atoms with Gasteiger partial charge in [0.1, 0.15) is 0 Å². The minimum atomic E-state index is 0.591. The Balaban J connectivity index is 1.90. The molecule has 0 amide bonds. The summed E-state index contributed by atoms with van der Waals surface area (Å²) < 4.78 is 1.87. The number of tetrazole rings is 1. The summed E-state index contributed by atoms with van der Waals surface area (Å²) in [4.78, 5) is 4.03. The van der Waals surface area contributed by atoms with Crippen LogP contribution in [0.2, 0.25) is 0 Å². The first-order chi connectivity index (χ1) is 7.83. The normalized spacial score (nSPS) is 16.2. The number of rotatable bonds is 4. The fourth-order valence-electron chi connectivity index (χ4n) is 1.48. The Morgan fingerprint density at radius 3 is 3.00 bits per heavy atom. The van der Waals surface area contributed by atoms with Gasteiger partial charge >= 0.3 is 0 Å². The van der Waals surface area contributed by atoms with Crippen LogP contribution in [-0.4, -0.2) is 40.3 Å². The van der Waals surface area contributed by atoms with Crippen molar-refractivity contribution < 1.29 is 0 Å². The van der Waals surface area contributed by atoms with Gasteiger partial charge in [0.05, 0.1) is 6.54 Å². The highest BCUT2D eigenvalue weighted by atomic mass is 15.5. The molecule has 0 spiro atoms. The Bertz CT molecular complexity index is 366. The molecule has 0 saturated heterocycles. The molecule has 16 heavy (non-hydrogen) atoms. The van der Waals surface area contributed by atoms with Crippen LogP contribution in [0.5, 0.6) is 0 Å². The van der Waals surface area contributed by atoms with Crippen LogP contribution in [0.25, 0.3) is 0 Å². The van der Waals surface area contributed by atoms with Crippen LogP contribution in [0.1, 0.15) is 18.7 Å². The van der Waals surface area contributed by atoms with E-state index in [-0.39, 0.29) is 0 Å². The third-order valence-electron chi connectivity index (χ3n) is 2.61.